The lowest BCUT2D eigenvalue weighted by molar-refractivity contribution is -0.137. The van der Waals surface area contributed by atoms with Gasteiger partial charge in [0.1, 0.15) is 5.82 Å². The molecule has 0 atom stereocenters. The van der Waals surface area contributed by atoms with Gasteiger partial charge in [0.15, 0.2) is 0 Å². The second kappa shape index (κ2) is 11.0. The van der Waals surface area contributed by atoms with Crippen LogP contribution >= 0.6 is 0 Å². The number of hydrogen-bond donors (Lipinski definition) is 2. The number of amides is 2. The molecule has 14 heteroatoms. The van der Waals surface area contributed by atoms with E-state index in [4.69, 9.17) is 10.2 Å². The zero-order valence-corrected chi connectivity index (χ0v) is 21.5. The van der Waals surface area contributed by atoms with E-state index in [1.54, 1.807) is 12.1 Å². The molecule has 0 aliphatic carbocycles. The number of aromatic nitrogens is 3. The van der Waals surface area contributed by atoms with E-state index in [1.165, 1.54) is 54.7 Å². The van der Waals surface area contributed by atoms with Gasteiger partial charge >= 0.3 is 6.18 Å². The summed E-state index contributed by atoms with van der Waals surface area (Å²) < 4.78 is 73.6. The van der Waals surface area contributed by atoms with E-state index in [0.717, 1.165) is 11.0 Å². The Hall–Kier alpha value is -5.14. The van der Waals surface area contributed by atoms with Gasteiger partial charge in [0.2, 0.25) is 17.7 Å². The van der Waals surface area contributed by atoms with Crippen LogP contribution in [0, 0.1) is 0 Å². The number of rotatable bonds is 7. The van der Waals surface area contributed by atoms with Gasteiger partial charge < -0.3 is 20.4 Å². The van der Waals surface area contributed by atoms with Gasteiger partial charge in [0.05, 0.1) is 30.8 Å². The fourth-order valence-corrected chi connectivity index (χ4v) is 4.13. The molecular weight excluding hydrogens is 563 g/mol. The van der Waals surface area contributed by atoms with E-state index in [1.807, 2.05) is 0 Å². The highest BCUT2D eigenvalue weighted by Gasteiger charge is 2.46. The zero-order valence-electron chi connectivity index (χ0n) is 21.5. The molecule has 2 amide bonds. The van der Waals surface area contributed by atoms with E-state index >= 15 is 0 Å². The number of alkyl halides is 5. The molecule has 1 fully saturated rings. The molecule has 0 saturated carbocycles. The van der Waals surface area contributed by atoms with Crippen LogP contribution in [0.2, 0.25) is 0 Å². The van der Waals surface area contributed by atoms with Crippen LogP contribution in [0.25, 0.3) is 28.7 Å². The van der Waals surface area contributed by atoms with Gasteiger partial charge in [-0.1, -0.05) is 18.2 Å². The number of halogens is 5. The summed E-state index contributed by atoms with van der Waals surface area (Å²) in [4.78, 5) is 29.3. The highest BCUT2D eigenvalue weighted by Crippen LogP contribution is 2.39. The van der Waals surface area contributed by atoms with Crippen LogP contribution in [0.1, 0.15) is 27.4 Å². The van der Waals surface area contributed by atoms with E-state index in [9.17, 15) is 31.5 Å². The number of likely N-dealkylation sites (tertiary alicyclic amines) is 1. The molecule has 0 bridgehead atoms. The molecule has 3 N–H and O–H groups in total. The van der Waals surface area contributed by atoms with Crippen molar-refractivity contribution in [3.63, 3.8) is 0 Å². The number of nitrogens with two attached hydrogens (primary N) is 1. The molecule has 4 aromatic rings. The molecule has 0 spiro atoms. The number of nitrogen functional groups attached to an aromatic ring is 1. The maximum absolute atomic E-state index is 14.0. The number of anilines is 1. The van der Waals surface area contributed by atoms with Crippen LogP contribution in [0.5, 0.6) is 0 Å². The van der Waals surface area contributed by atoms with Gasteiger partial charge in [-0.15, -0.1) is 10.2 Å². The van der Waals surface area contributed by atoms with Gasteiger partial charge in [-0.3, -0.25) is 9.59 Å². The molecule has 2 aromatic heterocycles. The molecule has 1 aliphatic heterocycles. The minimum absolute atomic E-state index is 0.113. The Labute approximate surface area is 234 Å². The average Bonchev–Trinajstić information content (AvgIpc) is 3.42. The van der Waals surface area contributed by atoms with Crippen LogP contribution in [0.3, 0.4) is 0 Å². The topological polar surface area (TPSA) is 127 Å². The number of nitrogens with one attached hydrogen (secondary N) is 1. The van der Waals surface area contributed by atoms with Crippen molar-refractivity contribution in [3.05, 3.63) is 89.5 Å². The number of hydrogen-bond acceptors (Lipinski definition) is 7. The Morgan fingerprint density at radius 1 is 1.02 bits per heavy atom. The fourth-order valence-electron chi connectivity index (χ4n) is 4.13. The minimum atomic E-state index is -4.78. The van der Waals surface area contributed by atoms with Crippen LogP contribution in [0.4, 0.5) is 27.8 Å². The van der Waals surface area contributed by atoms with E-state index < -0.39 is 48.5 Å². The van der Waals surface area contributed by atoms with E-state index in [0.29, 0.717) is 16.9 Å². The Balaban J connectivity index is 1.28. The van der Waals surface area contributed by atoms with Gasteiger partial charge in [-0.2, -0.15) is 13.2 Å². The van der Waals surface area contributed by atoms with Crippen LogP contribution in [0.15, 0.2) is 71.3 Å². The summed E-state index contributed by atoms with van der Waals surface area (Å²) in [6, 6.07) is 12.3. The lowest BCUT2D eigenvalue weighted by Crippen LogP contribution is -2.58. The van der Waals surface area contributed by atoms with Gasteiger partial charge in [-0.05, 0) is 59.2 Å². The number of nitrogens with zero attached hydrogens (tertiary/aromatic N) is 4. The average molecular weight is 585 g/mol. The van der Waals surface area contributed by atoms with Gasteiger partial charge in [0, 0.05) is 17.8 Å². The minimum Gasteiger partial charge on any atom is -0.419 e. The van der Waals surface area contributed by atoms with Crippen molar-refractivity contribution in [2.45, 2.75) is 18.6 Å². The zero-order chi connectivity index (χ0) is 30.1. The standard InChI is InChI=1S/C28H21F5N6O3/c29-27(30)14-39(15-27)26(41)18-5-3-17(4-6-18)19-7-8-20(21(11-19)28(31,32)33)25-38-37-24(42-25)13-36-23(40)10-2-16-1-9-22(34)35-12-16/h1-12H,13-15H2,(H2,34,35)(H,36,40). The van der Waals surface area contributed by atoms with E-state index in [-0.39, 0.29) is 29.1 Å². The first kappa shape index (κ1) is 28.4. The summed E-state index contributed by atoms with van der Waals surface area (Å²) in [5.74, 6) is -4.19. The first-order chi connectivity index (χ1) is 19.9. The normalized spacial score (nSPS) is 14.5. The first-order valence-electron chi connectivity index (χ1n) is 12.4. The van der Waals surface area contributed by atoms with Crippen molar-refractivity contribution in [1.29, 1.82) is 0 Å². The molecule has 9 nitrogen and oxygen atoms in total. The summed E-state index contributed by atoms with van der Waals surface area (Å²) in [5.41, 5.74) is 5.44. The molecule has 2 aromatic carbocycles. The van der Waals surface area contributed by atoms with Crippen LogP contribution < -0.4 is 11.1 Å². The molecule has 3 heterocycles. The lowest BCUT2D eigenvalue weighted by atomic mass is 9.97. The number of carbonyl (C=O) groups is 2. The largest absolute Gasteiger partial charge is 0.419 e. The lowest BCUT2D eigenvalue weighted by Gasteiger charge is -2.38. The van der Waals surface area contributed by atoms with Crippen molar-refractivity contribution < 1.29 is 36.0 Å². The van der Waals surface area contributed by atoms with Gasteiger partial charge in [0.25, 0.3) is 11.8 Å². The van der Waals surface area contributed by atoms with Crippen molar-refractivity contribution in [2.24, 2.45) is 0 Å². The fraction of sp³-hybridized carbons (Fsp3) is 0.179. The summed E-state index contributed by atoms with van der Waals surface area (Å²) in [7, 11) is 0. The molecule has 0 unspecified atom stereocenters. The molecule has 0 radical (unpaired) electrons. The maximum atomic E-state index is 14.0. The van der Waals surface area contributed by atoms with E-state index in [2.05, 4.69) is 20.5 Å². The van der Waals surface area contributed by atoms with Crippen LogP contribution in [-0.4, -0.2) is 50.9 Å². The molecular formula is C28H21F5N6O3. The highest BCUT2D eigenvalue weighted by atomic mass is 19.4. The Morgan fingerprint density at radius 3 is 2.38 bits per heavy atom. The Bertz CT molecular complexity index is 1640. The molecule has 216 valence electrons. The van der Waals surface area contributed by atoms with Crippen molar-refractivity contribution in [3.8, 4) is 22.6 Å². The second-order valence-electron chi connectivity index (χ2n) is 9.42. The molecule has 1 aliphatic rings. The third-order valence-corrected chi connectivity index (χ3v) is 6.27. The number of pyridine rings is 1. The van der Waals surface area contributed by atoms with Crippen molar-refractivity contribution in [2.75, 3.05) is 18.8 Å². The molecule has 1 saturated heterocycles. The predicted octanol–water partition coefficient (Wildman–Crippen LogP) is 4.82. The predicted molar refractivity (Wildman–Crippen MR) is 141 cm³/mol. The highest BCUT2D eigenvalue weighted by molar-refractivity contribution is 5.95. The second-order valence-corrected chi connectivity index (χ2v) is 9.42. The Kier molecular flexibility index (Phi) is 7.45. The number of carbonyl (C=O) groups excluding carboxylic acids is 2. The summed E-state index contributed by atoms with van der Waals surface area (Å²) in [6.07, 6.45) is -0.578. The SMILES string of the molecule is Nc1ccc(C=CC(=O)NCc2nnc(-c3ccc(-c4ccc(C(=O)N5CC(F)(F)C5)cc4)cc3C(F)(F)F)o2)cn1. The third kappa shape index (κ3) is 6.43. The molecule has 5 rings (SSSR count). The summed E-state index contributed by atoms with van der Waals surface area (Å²) >= 11 is 0. The maximum Gasteiger partial charge on any atom is 0.417 e. The number of benzene rings is 2. The Morgan fingerprint density at radius 2 is 1.74 bits per heavy atom. The first-order valence-corrected chi connectivity index (χ1v) is 12.4. The van der Waals surface area contributed by atoms with Crippen LogP contribution in [-0.2, 0) is 17.5 Å². The quantitative estimate of drug-likeness (QED) is 0.236. The smallest absolute Gasteiger partial charge is 0.417 e. The monoisotopic (exact) mass is 584 g/mol. The third-order valence-electron chi connectivity index (χ3n) is 6.27. The van der Waals surface area contributed by atoms with Gasteiger partial charge in [-0.25, -0.2) is 13.8 Å². The van der Waals surface area contributed by atoms with Crippen molar-refractivity contribution >= 4 is 23.7 Å². The summed E-state index contributed by atoms with van der Waals surface area (Å²) in [6.45, 7) is -1.57. The van der Waals surface area contributed by atoms with Crippen molar-refractivity contribution in [1.82, 2.24) is 25.4 Å². The molecule has 42 heavy (non-hydrogen) atoms. The summed E-state index contributed by atoms with van der Waals surface area (Å²) in [5, 5.41) is 9.94.